The van der Waals surface area contributed by atoms with Gasteiger partial charge in [-0.25, -0.2) is 0 Å². The first-order valence-electron chi connectivity index (χ1n) is 6.74. The van der Waals surface area contributed by atoms with Crippen LogP contribution in [0.5, 0.6) is 5.75 Å². The minimum absolute atomic E-state index is 0.0992. The molecule has 0 bridgehead atoms. The first-order valence-corrected chi connectivity index (χ1v) is 6.74. The summed E-state index contributed by atoms with van der Waals surface area (Å²) in [5, 5.41) is 2.90. The van der Waals surface area contributed by atoms with Crippen molar-refractivity contribution < 1.29 is 9.53 Å². The largest absolute Gasteiger partial charge is 0.481 e. The first kappa shape index (κ1) is 15.5. The van der Waals surface area contributed by atoms with Crippen molar-refractivity contribution in [3.63, 3.8) is 0 Å². The van der Waals surface area contributed by atoms with Gasteiger partial charge in [-0.3, -0.25) is 4.79 Å². The number of carbonyl (C=O) groups is 1. The lowest BCUT2D eigenvalue weighted by molar-refractivity contribution is -0.127. The Morgan fingerprint density at radius 3 is 2.68 bits per heavy atom. The average molecular weight is 264 g/mol. The smallest absolute Gasteiger partial charge is 0.260 e. The third-order valence-electron chi connectivity index (χ3n) is 3.11. The molecule has 0 aliphatic carbocycles. The van der Waals surface area contributed by atoms with Gasteiger partial charge in [-0.05, 0) is 33.3 Å². The van der Waals surface area contributed by atoms with Gasteiger partial charge in [0.25, 0.3) is 5.91 Å². The molecule has 106 valence electrons. The molecule has 0 fully saturated rings. The Kier molecular flexibility index (Phi) is 5.83. The molecule has 0 saturated heterocycles. The van der Waals surface area contributed by atoms with E-state index in [0.717, 1.165) is 17.5 Å². The molecule has 1 amide bonds. The van der Waals surface area contributed by atoms with Gasteiger partial charge < -0.3 is 15.8 Å². The van der Waals surface area contributed by atoms with E-state index < -0.39 is 6.10 Å². The van der Waals surface area contributed by atoms with E-state index in [1.165, 1.54) is 0 Å². The summed E-state index contributed by atoms with van der Waals surface area (Å²) in [4.78, 5) is 11.9. The Balaban J connectivity index is 2.71. The van der Waals surface area contributed by atoms with E-state index in [4.69, 9.17) is 10.5 Å². The Bertz CT molecular complexity index is 432. The van der Waals surface area contributed by atoms with Gasteiger partial charge in [-0.15, -0.1) is 0 Å². The lowest BCUT2D eigenvalue weighted by atomic mass is 10.1. The minimum atomic E-state index is -0.526. The number of ether oxygens (including phenoxy) is 1. The molecule has 0 aliphatic heterocycles. The molecule has 0 radical (unpaired) electrons. The minimum Gasteiger partial charge on any atom is -0.481 e. The zero-order valence-electron chi connectivity index (χ0n) is 12.2. The maximum absolute atomic E-state index is 11.9. The van der Waals surface area contributed by atoms with Gasteiger partial charge in [0.05, 0.1) is 0 Å². The molecule has 0 aliphatic rings. The molecular weight excluding hydrogens is 240 g/mol. The monoisotopic (exact) mass is 264 g/mol. The van der Waals surface area contributed by atoms with Crippen molar-refractivity contribution in [2.45, 2.75) is 52.8 Å². The number of hydrogen-bond acceptors (Lipinski definition) is 3. The van der Waals surface area contributed by atoms with Crippen molar-refractivity contribution >= 4 is 5.91 Å². The summed E-state index contributed by atoms with van der Waals surface area (Å²) in [6, 6.07) is 5.96. The summed E-state index contributed by atoms with van der Waals surface area (Å²) in [6.07, 6.45) is 0.374. The number of nitrogens with two attached hydrogens (primary N) is 1. The van der Waals surface area contributed by atoms with Crippen molar-refractivity contribution in [1.82, 2.24) is 5.32 Å². The van der Waals surface area contributed by atoms with Crippen LogP contribution >= 0.6 is 0 Å². The number of rotatable bonds is 6. The van der Waals surface area contributed by atoms with E-state index in [9.17, 15) is 4.79 Å². The second-order valence-electron chi connectivity index (χ2n) is 4.89. The Morgan fingerprint density at radius 1 is 1.42 bits per heavy atom. The molecule has 4 heteroatoms. The van der Waals surface area contributed by atoms with Crippen LogP contribution in [-0.2, 0) is 11.3 Å². The highest BCUT2D eigenvalue weighted by atomic mass is 16.5. The maximum Gasteiger partial charge on any atom is 0.260 e. The van der Waals surface area contributed by atoms with E-state index >= 15 is 0 Å². The Morgan fingerprint density at radius 2 is 2.11 bits per heavy atom. The highest BCUT2D eigenvalue weighted by molar-refractivity contribution is 5.81. The predicted octanol–water partition coefficient (Wildman–Crippen LogP) is 2.14. The van der Waals surface area contributed by atoms with Crippen molar-refractivity contribution in [2.24, 2.45) is 5.73 Å². The zero-order valence-corrected chi connectivity index (χ0v) is 12.2. The van der Waals surface area contributed by atoms with Crippen LogP contribution in [0, 0.1) is 6.92 Å². The molecule has 1 rings (SSSR count). The molecular formula is C15H24N2O2. The van der Waals surface area contributed by atoms with Crippen LogP contribution in [0.25, 0.3) is 0 Å². The zero-order chi connectivity index (χ0) is 14.4. The summed E-state index contributed by atoms with van der Waals surface area (Å²) in [5.41, 5.74) is 7.74. The molecule has 1 aromatic carbocycles. The van der Waals surface area contributed by atoms with Crippen LogP contribution < -0.4 is 15.8 Å². The standard InChI is InChI=1S/C15H24N2O2/c1-5-11(3)17-15(18)12(4)19-14-7-6-10(2)8-13(14)9-16/h6-8,11-12H,5,9,16H2,1-4H3,(H,17,18). The van der Waals surface area contributed by atoms with Crippen LogP contribution in [0.15, 0.2) is 18.2 Å². The molecule has 0 aromatic heterocycles. The molecule has 1 aromatic rings. The number of nitrogens with one attached hydrogen (secondary N) is 1. The highest BCUT2D eigenvalue weighted by Crippen LogP contribution is 2.20. The number of aryl methyl sites for hydroxylation is 1. The highest BCUT2D eigenvalue weighted by Gasteiger charge is 2.17. The van der Waals surface area contributed by atoms with E-state index in [0.29, 0.717) is 12.3 Å². The van der Waals surface area contributed by atoms with Gasteiger partial charge in [0.15, 0.2) is 6.10 Å². The predicted molar refractivity (Wildman–Crippen MR) is 77.1 cm³/mol. The molecule has 0 spiro atoms. The number of amides is 1. The van der Waals surface area contributed by atoms with Crippen molar-refractivity contribution in [1.29, 1.82) is 0 Å². The summed E-state index contributed by atoms with van der Waals surface area (Å²) in [7, 11) is 0. The van der Waals surface area contributed by atoms with Gasteiger partial charge in [-0.2, -0.15) is 0 Å². The first-order chi connectivity index (χ1) is 8.97. The van der Waals surface area contributed by atoms with Crippen molar-refractivity contribution in [2.75, 3.05) is 0 Å². The van der Waals surface area contributed by atoms with Gasteiger partial charge in [0.1, 0.15) is 5.75 Å². The Labute approximate surface area is 115 Å². The molecule has 3 N–H and O–H groups in total. The van der Waals surface area contributed by atoms with E-state index in [2.05, 4.69) is 5.32 Å². The van der Waals surface area contributed by atoms with Crippen LogP contribution in [0.2, 0.25) is 0 Å². The molecule has 0 heterocycles. The number of hydrogen-bond donors (Lipinski definition) is 2. The molecule has 2 atom stereocenters. The van der Waals surface area contributed by atoms with Crippen LogP contribution in [0.4, 0.5) is 0 Å². The molecule has 4 nitrogen and oxygen atoms in total. The van der Waals surface area contributed by atoms with E-state index in [-0.39, 0.29) is 11.9 Å². The SMILES string of the molecule is CCC(C)NC(=O)C(C)Oc1ccc(C)cc1CN. The van der Waals surface area contributed by atoms with Gasteiger partial charge >= 0.3 is 0 Å². The fourth-order valence-corrected chi connectivity index (χ4v) is 1.69. The normalized spacial score (nSPS) is 13.7. The quantitative estimate of drug-likeness (QED) is 0.827. The topological polar surface area (TPSA) is 64.3 Å². The fourth-order valence-electron chi connectivity index (χ4n) is 1.69. The van der Waals surface area contributed by atoms with Crippen LogP contribution in [0.1, 0.15) is 38.3 Å². The molecule has 19 heavy (non-hydrogen) atoms. The second-order valence-corrected chi connectivity index (χ2v) is 4.89. The van der Waals surface area contributed by atoms with E-state index in [1.807, 2.05) is 39.0 Å². The van der Waals surface area contributed by atoms with Crippen molar-refractivity contribution in [3.8, 4) is 5.75 Å². The number of benzene rings is 1. The summed E-state index contributed by atoms with van der Waals surface area (Å²) in [6.45, 7) is 8.15. The molecule has 2 unspecified atom stereocenters. The lowest BCUT2D eigenvalue weighted by Crippen LogP contribution is -2.41. The van der Waals surface area contributed by atoms with Crippen molar-refractivity contribution in [3.05, 3.63) is 29.3 Å². The van der Waals surface area contributed by atoms with Gasteiger partial charge in [-0.1, -0.05) is 24.6 Å². The molecule has 0 saturated carbocycles. The van der Waals surface area contributed by atoms with E-state index in [1.54, 1.807) is 6.92 Å². The third-order valence-corrected chi connectivity index (χ3v) is 3.11. The fraction of sp³-hybridized carbons (Fsp3) is 0.533. The Hall–Kier alpha value is -1.55. The summed E-state index contributed by atoms with van der Waals surface area (Å²) < 4.78 is 5.71. The lowest BCUT2D eigenvalue weighted by Gasteiger charge is -2.19. The third kappa shape index (κ3) is 4.56. The van der Waals surface area contributed by atoms with Crippen LogP contribution in [0.3, 0.4) is 0 Å². The average Bonchev–Trinajstić information content (AvgIpc) is 2.40. The van der Waals surface area contributed by atoms with Gasteiger partial charge in [0, 0.05) is 18.2 Å². The maximum atomic E-state index is 11.9. The summed E-state index contributed by atoms with van der Waals surface area (Å²) >= 11 is 0. The second kappa shape index (κ2) is 7.14. The number of carbonyl (C=O) groups excluding carboxylic acids is 1. The van der Waals surface area contributed by atoms with Gasteiger partial charge in [0.2, 0.25) is 0 Å². The van der Waals surface area contributed by atoms with Crippen LogP contribution in [-0.4, -0.2) is 18.1 Å². The summed E-state index contributed by atoms with van der Waals surface area (Å²) in [5.74, 6) is 0.581.